The van der Waals surface area contributed by atoms with E-state index in [9.17, 15) is 24.6 Å². The Bertz CT molecular complexity index is 1110. The molecule has 146 valence electrons. The van der Waals surface area contributed by atoms with Crippen LogP contribution in [-0.2, 0) is 20.8 Å². The first kappa shape index (κ1) is 18.7. The van der Waals surface area contributed by atoms with E-state index in [2.05, 4.69) is 5.32 Å². The van der Waals surface area contributed by atoms with Crippen LogP contribution in [0.5, 0.6) is 0 Å². The van der Waals surface area contributed by atoms with Gasteiger partial charge in [-0.1, -0.05) is 54.6 Å². The highest BCUT2D eigenvalue weighted by Gasteiger charge is 2.53. The number of amides is 1. The minimum atomic E-state index is -2.06. The van der Waals surface area contributed by atoms with Gasteiger partial charge in [0.15, 0.2) is 5.41 Å². The average molecular weight is 389 g/mol. The second kappa shape index (κ2) is 7.05. The van der Waals surface area contributed by atoms with Crippen molar-refractivity contribution >= 4 is 34.3 Å². The van der Waals surface area contributed by atoms with Crippen LogP contribution in [-0.4, -0.2) is 28.1 Å². The van der Waals surface area contributed by atoms with E-state index in [-0.39, 0.29) is 12.8 Å². The van der Waals surface area contributed by atoms with Crippen LogP contribution in [0.1, 0.15) is 23.5 Å². The van der Waals surface area contributed by atoms with Crippen LogP contribution in [0.4, 0.5) is 5.69 Å². The standard InChI is InChI=1S/C23H19NO5/c25-20(24-15-7-2-1-3-8-15)19-13-23(21(26)27,22(28)29)12-18-16-9-5-4-6-14(16)10-11-17(18)19/h1-11,19H,12-13H2,(H,24,25)(H,26,27)(H,28,29). The fourth-order valence-corrected chi connectivity index (χ4v) is 4.11. The Morgan fingerprint density at radius 3 is 2.21 bits per heavy atom. The number of para-hydroxylation sites is 1. The summed E-state index contributed by atoms with van der Waals surface area (Å²) in [7, 11) is 0. The SMILES string of the molecule is O=C(Nc1ccccc1)C1CC(C(=O)O)(C(=O)O)Cc2c1ccc1ccccc21. The molecule has 0 radical (unpaired) electrons. The number of anilines is 1. The van der Waals surface area contributed by atoms with Gasteiger partial charge in [0, 0.05) is 12.1 Å². The predicted molar refractivity (Wildman–Crippen MR) is 108 cm³/mol. The van der Waals surface area contributed by atoms with Crippen LogP contribution in [0.3, 0.4) is 0 Å². The van der Waals surface area contributed by atoms with E-state index in [0.717, 1.165) is 10.8 Å². The maximum Gasteiger partial charge on any atom is 0.321 e. The van der Waals surface area contributed by atoms with Gasteiger partial charge in [0.1, 0.15) is 0 Å². The van der Waals surface area contributed by atoms with E-state index in [1.807, 2.05) is 36.4 Å². The van der Waals surface area contributed by atoms with Crippen molar-refractivity contribution in [3.63, 3.8) is 0 Å². The summed E-state index contributed by atoms with van der Waals surface area (Å²) < 4.78 is 0. The summed E-state index contributed by atoms with van der Waals surface area (Å²) >= 11 is 0. The first-order chi connectivity index (χ1) is 13.9. The Kier molecular flexibility index (Phi) is 4.54. The number of nitrogens with one attached hydrogen (secondary N) is 1. The number of aliphatic carboxylic acids is 2. The summed E-state index contributed by atoms with van der Waals surface area (Å²) in [6, 6.07) is 19.9. The van der Waals surface area contributed by atoms with Crippen LogP contribution < -0.4 is 5.32 Å². The fraction of sp³-hybridized carbons (Fsp3) is 0.174. The molecule has 0 bridgehead atoms. The largest absolute Gasteiger partial charge is 0.480 e. The Morgan fingerprint density at radius 2 is 1.52 bits per heavy atom. The molecule has 3 N–H and O–H groups in total. The number of carboxylic acids is 2. The van der Waals surface area contributed by atoms with Gasteiger partial charge in [0.05, 0.1) is 5.92 Å². The molecule has 0 aromatic heterocycles. The first-order valence-corrected chi connectivity index (χ1v) is 9.25. The third kappa shape index (κ3) is 3.12. The molecule has 1 atom stereocenters. The van der Waals surface area contributed by atoms with E-state index in [0.29, 0.717) is 16.8 Å². The molecule has 1 amide bonds. The molecule has 0 aliphatic heterocycles. The third-order valence-corrected chi connectivity index (χ3v) is 5.66. The van der Waals surface area contributed by atoms with Crippen molar-refractivity contribution in [2.45, 2.75) is 18.8 Å². The molecule has 3 aromatic carbocycles. The summed E-state index contributed by atoms with van der Waals surface area (Å²) in [4.78, 5) is 37.3. The lowest BCUT2D eigenvalue weighted by Gasteiger charge is -2.36. The summed E-state index contributed by atoms with van der Waals surface area (Å²) in [6.45, 7) is 0. The second-order valence-corrected chi connectivity index (χ2v) is 7.34. The number of carboxylic acid groups (broad SMARTS) is 2. The highest BCUT2D eigenvalue weighted by molar-refractivity contribution is 6.04. The average Bonchev–Trinajstić information content (AvgIpc) is 2.73. The van der Waals surface area contributed by atoms with Gasteiger partial charge in [-0.05, 0) is 40.5 Å². The van der Waals surface area contributed by atoms with Crippen LogP contribution in [0.25, 0.3) is 10.8 Å². The van der Waals surface area contributed by atoms with E-state index < -0.39 is 29.2 Å². The lowest BCUT2D eigenvalue weighted by molar-refractivity contribution is -0.166. The van der Waals surface area contributed by atoms with Gasteiger partial charge in [-0.2, -0.15) is 0 Å². The normalized spacial score (nSPS) is 17.3. The number of benzene rings is 3. The molecule has 0 spiro atoms. The fourth-order valence-electron chi connectivity index (χ4n) is 4.11. The molecule has 6 nitrogen and oxygen atoms in total. The molecule has 0 saturated heterocycles. The topological polar surface area (TPSA) is 104 Å². The molecule has 4 rings (SSSR count). The number of fused-ring (bicyclic) bond motifs is 3. The van der Waals surface area contributed by atoms with E-state index >= 15 is 0 Å². The van der Waals surface area contributed by atoms with Gasteiger partial charge in [-0.3, -0.25) is 14.4 Å². The quantitative estimate of drug-likeness (QED) is 0.591. The Labute approximate surface area is 166 Å². The molecular weight excluding hydrogens is 370 g/mol. The first-order valence-electron chi connectivity index (χ1n) is 9.25. The van der Waals surface area contributed by atoms with Crippen molar-refractivity contribution in [3.8, 4) is 0 Å². The zero-order valence-corrected chi connectivity index (χ0v) is 15.5. The van der Waals surface area contributed by atoms with Crippen molar-refractivity contribution in [1.82, 2.24) is 0 Å². The van der Waals surface area contributed by atoms with Gasteiger partial charge in [0.2, 0.25) is 5.91 Å². The Balaban J connectivity index is 1.86. The van der Waals surface area contributed by atoms with E-state index in [1.54, 1.807) is 30.3 Å². The number of carbonyl (C=O) groups excluding carboxylic acids is 1. The molecular formula is C23H19NO5. The molecule has 1 aliphatic carbocycles. The van der Waals surface area contributed by atoms with Crippen molar-refractivity contribution in [2.24, 2.45) is 5.41 Å². The van der Waals surface area contributed by atoms with Gasteiger partial charge < -0.3 is 15.5 Å². The van der Waals surface area contributed by atoms with Gasteiger partial charge >= 0.3 is 11.9 Å². The maximum atomic E-state index is 13.1. The summed E-state index contributed by atoms with van der Waals surface area (Å²) in [5.41, 5.74) is -0.209. The Morgan fingerprint density at radius 1 is 0.862 bits per heavy atom. The monoisotopic (exact) mass is 389 g/mol. The van der Waals surface area contributed by atoms with Crippen molar-refractivity contribution in [3.05, 3.63) is 77.9 Å². The van der Waals surface area contributed by atoms with Crippen molar-refractivity contribution in [2.75, 3.05) is 5.32 Å². The molecule has 0 fully saturated rings. The molecule has 0 heterocycles. The van der Waals surface area contributed by atoms with Crippen molar-refractivity contribution < 1.29 is 24.6 Å². The number of carbonyl (C=O) groups is 3. The van der Waals surface area contributed by atoms with Gasteiger partial charge in [0.25, 0.3) is 0 Å². The maximum absolute atomic E-state index is 13.1. The number of hydrogen-bond donors (Lipinski definition) is 3. The van der Waals surface area contributed by atoms with Crippen LogP contribution in [0, 0.1) is 5.41 Å². The molecule has 29 heavy (non-hydrogen) atoms. The summed E-state index contributed by atoms with van der Waals surface area (Å²) in [5, 5.41) is 24.1. The summed E-state index contributed by atoms with van der Waals surface area (Å²) in [5.74, 6) is -4.17. The highest BCUT2D eigenvalue weighted by Crippen LogP contribution is 2.46. The van der Waals surface area contributed by atoms with Crippen LogP contribution in [0.2, 0.25) is 0 Å². The zero-order valence-electron chi connectivity index (χ0n) is 15.5. The molecule has 3 aromatic rings. The van der Waals surface area contributed by atoms with Gasteiger partial charge in [-0.25, -0.2) is 0 Å². The predicted octanol–water partition coefficient (Wildman–Crippen LogP) is 3.66. The van der Waals surface area contributed by atoms with E-state index in [4.69, 9.17) is 0 Å². The molecule has 1 unspecified atom stereocenters. The minimum Gasteiger partial charge on any atom is -0.480 e. The smallest absolute Gasteiger partial charge is 0.321 e. The van der Waals surface area contributed by atoms with Crippen molar-refractivity contribution in [1.29, 1.82) is 0 Å². The Hall–Kier alpha value is -3.67. The lowest BCUT2D eigenvalue weighted by Crippen LogP contribution is -2.47. The molecule has 1 aliphatic rings. The second-order valence-electron chi connectivity index (χ2n) is 7.34. The summed E-state index contributed by atoms with van der Waals surface area (Å²) in [6.07, 6.45) is -0.467. The number of hydrogen-bond acceptors (Lipinski definition) is 3. The van der Waals surface area contributed by atoms with E-state index in [1.165, 1.54) is 0 Å². The minimum absolute atomic E-state index is 0.163. The number of rotatable bonds is 4. The van der Waals surface area contributed by atoms with Crippen LogP contribution >= 0.6 is 0 Å². The van der Waals surface area contributed by atoms with Gasteiger partial charge in [-0.15, -0.1) is 0 Å². The lowest BCUT2D eigenvalue weighted by atomic mass is 9.65. The molecule has 6 heteroatoms. The highest BCUT2D eigenvalue weighted by atomic mass is 16.4. The molecule has 0 saturated carbocycles. The zero-order chi connectivity index (χ0) is 20.6. The van der Waals surface area contributed by atoms with Crippen LogP contribution in [0.15, 0.2) is 66.7 Å². The third-order valence-electron chi connectivity index (χ3n) is 5.66.